The van der Waals surface area contributed by atoms with Crippen molar-refractivity contribution in [2.24, 2.45) is 15.9 Å². The Hall–Kier alpha value is -2.81. The van der Waals surface area contributed by atoms with Crippen molar-refractivity contribution >= 4 is 17.2 Å². The standard InChI is InChI=1S/C22H24F6N4OS/c1-13(2)9-32-10-17(20(3,4)5)34-19(32)31-18(30-12-29)15-8-14(22(26,27)28)6-7-16(15)33-11-21(23,24)25/h6-8,10,13H,9,11H2,1-5H3. The lowest BCUT2D eigenvalue weighted by Crippen LogP contribution is -2.22. The summed E-state index contributed by atoms with van der Waals surface area (Å²) < 4.78 is 84.7. The maximum atomic E-state index is 13.3. The first kappa shape index (κ1) is 27.4. The van der Waals surface area contributed by atoms with Crippen LogP contribution in [0.2, 0.25) is 0 Å². The summed E-state index contributed by atoms with van der Waals surface area (Å²) in [5.41, 5.74) is -1.87. The number of halogens is 6. The van der Waals surface area contributed by atoms with Crippen molar-refractivity contribution < 1.29 is 31.1 Å². The zero-order valence-electron chi connectivity index (χ0n) is 19.2. The van der Waals surface area contributed by atoms with Crippen LogP contribution < -0.4 is 9.54 Å². The van der Waals surface area contributed by atoms with E-state index in [0.717, 1.165) is 10.9 Å². The highest BCUT2D eigenvalue weighted by Gasteiger charge is 2.33. The fourth-order valence-corrected chi connectivity index (χ4v) is 3.85. The van der Waals surface area contributed by atoms with E-state index >= 15 is 0 Å². The van der Waals surface area contributed by atoms with E-state index in [4.69, 9.17) is 10.00 Å². The second-order valence-electron chi connectivity index (χ2n) is 8.93. The molecular weight excluding hydrogens is 482 g/mol. The molecule has 0 fully saturated rings. The number of nitriles is 1. The first-order valence-corrected chi connectivity index (χ1v) is 11.0. The van der Waals surface area contributed by atoms with Gasteiger partial charge in [-0.2, -0.15) is 41.6 Å². The minimum Gasteiger partial charge on any atom is -0.483 e. The van der Waals surface area contributed by atoms with Crippen molar-refractivity contribution in [2.45, 2.75) is 58.9 Å². The molecule has 12 heteroatoms. The summed E-state index contributed by atoms with van der Waals surface area (Å²) >= 11 is 1.25. The molecule has 2 rings (SSSR count). The molecule has 1 aromatic carbocycles. The van der Waals surface area contributed by atoms with E-state index in [-0.39, 0.29) is 11.3 Å². The number of aromatic nitrogens is 1. The van der Waals surface area contributed by atoms with Crippen LogP contribution in [0.15, 0.2) is 34.4 Å². The minimum absolute atomic E-state index is 0.192. The molecule has 0 spiro atoms. The van der Waals surface area contributed by atoms with Gasteiger partial charge in [-0.1, -0.05) is 34.6 Å². The summed E-state index contributed by atoms with van der Waals surface area (Å²) in [6, 6.07) is 1.95. The maximum Gasteiger partial charge on any atom is 0.422 e. The number of benzene rings is 1. The number of aliphatic imine (C=N–C) groups is 1. The quantitative estimate of drug-likeness (QED) is 0.207. The van der Waals surface area contributed by atoms with Crippen molar-refractivity contribution in [3.8, 4) is 11.9 Å². The molecule has 5 nitrogen and oxygen atoms in total. The number of thiazole rings is 1. The molecule has 0 bridgehead atoms. The van der Waals surface area contributed by atoms with E-state index in [1.165, 1.54) is 17.5 Å². The van der Waals surface area contributed by atoms with Gasteiger partial charge in [-0.25, -0.2) is 0 Å². The molecule has 0 N–H and O–H groups in total. The fraction of sp³-hybridized carbons (Fsp3) is 0.500. The van der Waals surface area contributed by atoms with Gasteiger partial charge in [0.05, 0.1) is 11.1 Å². The van der Waals surface area contributed by atoms with E-state index in [2.05, 4.69) is 9.98 Å². The molecule has 0 unspecified atom stereocenters. The van der Waals surface area contributed by atoms with Crippen molar-refractivity contribution in [1.82, 2.24) is 4.57 Å². The lowest BCUT2D eigenvalue weighted by Gasteiger charge is -2.15. The molecule has 1 aromatic heterocycles. The number of hydrogen-bond acceptors (Lipinski definition) is 4. The third kappa shape index (κ3) is 7.62. The predicted molar refractivity (Wildman–Crippen MR) is 117 cm³/mol. The van der Waals surface area contributed by atoms with Crippen molar-refractivity contribution in [3.05, 3.63) is 45.2 Å². The second kappa shape index (κ2) is 10.2. The fourth-order valence-electron chi connectivity index (χ4n) is 2.79. The van der Waals surface area contributed by atoms with Crippen molar-refractivity contribution in [1.29, 1.82) is 5.26 Å². The molecule has 0 amide bonds. The van der Waals surface area contributed by atoms with Gasteiger partial charge in [0.25, 0.3) is 0 Å². The molecular formula is C22H24F6N4OS. The zero-order valence-corrected chi connectivity index (χ0v) is 20.0. The van der Waals surface area contributed by atoms with Gasteiger partial charge in [-0.3, -0.25) is 0 Å². The zero-order chi connectivity index (χ0) is 25.9. The van der Waals surface area contributed by atoms with Gasteiger partial charge in [0, 0.05) is 17.6 Å². The van der Waals surface area contributed by atoms with Crippen LogP contribution in [0.1, 0.15) is 50.6 Å². The highest BCUT2D eigenvalue weighted by molar-refractivity contribution is 7.09. The summed E-state index contributed by atoms with van der Waals surface area (Å²) in [5, 5.41) is 9.16. The maximum absolute atomic E-state index is 13.3. The first-order chi connectivity index (χ1) is 15.5. The molecule has 0 saturated heterocycles. The molecule has 34 heavy (non-hydrogen) atoms. The van der Waals surface area contributed by atoms with Crippen LogP contribution in [0, 0.1) is 17.4 Å². The van der Waals surface area contributed by atoms with Crippen LogP contribution in [0.4, 0.5) is 26.3 Å². The molecule has 0 atom stereocenters. The number of alkyl halides is 6. The van der Waals surface area contributed by atoms with Crippen LogP contribution in [0.25, 0.3) is 0 Å². The van der Waals surface area contributed by atoms with E-state index < -0.39 is 41.7 Å². The Kier molecular flexibility index (Phi) is 8.24. The molecule has 0 aliphatic rings. The van der Waals surface area contributed by atoms with Crippen LogP contribution in [0.5, 0.6) is 5.75 Å². The lowest BCUT2D eigenvalue weighted by atomic mass is 9.95. The predicted octanol–water partition coefficient (Wildman–Crippen LogP) is 6.29. The van der Waals surface area contributed by atoms with Gasteiger partial charge in [0.15, 0.2) is 17.2 Å². The Morgan fingerprint density at radius 1 is 1.15 bits per heavy atom. The molecule has 1 heterocycles. The van der Waals surface area contributed by atoms with Crippen molar-refractivity contribution in [2.75, 3.05) is 6.61 Å². The van der Waals surface area contributed by atoms with Gasteiger partial charge in [-0.05, 0) is 29.5 Å². The van der Waals surface area contributed by atoms with Gasteiger partial charge < -0.3 is 9.30 Å². The van der Waals surface area contributed by atoms with Crippen LogP contribution in [-0.4, -0.2) is 23.2 Å². The highest BCUT2D eigenvalue weighted by atomic mass is 32.1. The highest BCUT2D eigenvalue weighted by Crippen LogP contribution is 2.34. The van der Waals surface area contributed by atoms with Crippen molar-refractivity contribution in [3.63, 3.8) is 0 Å². The second-order valence-corrected chi connectivity index (χ2v) is 9.94. The average molecular weight is 507 g/mol. The Labute approximate surface area is 197 Å². The van der Waals surface area contributed by atoms with Gasteiger partial charge in [-0.15, -0.1) is 11.3 Å². The minimum atomic E-state index is -4.78. The summed E-state index contributed by atoms with van der Waals surface area (Å²) in [6.07, 6.45) is -6.17. The molecule has 186 valence electrons. The number of rotatable bonds is 5. The van der Waals surface area contributed by atoms with Gasteiger partial charge >= 0.3 is 12.4 Å². The third-order valence-electron chi connectivity index (χ3n) is 4.32. The number of nitrogens with zero attached hydrogens (tertiary/aromatic N) is 4. The molecule has 0 radical (unpaired) electrons. The lowest BCUT2D eigenvalue weighted by molar-refractivity contribution is -0.153. The van der Waals surface area contributed by atoms with Gasteiger partial charge in [0.1, 0.15) is 5.75 Å². The van der Waals surface area contributed by atoms with E-state index in [9.17, 15) is 26.3 Å². The van der Waals surface area contributed by atoms with E-state index in [1.54, 1.807) is 4.57 Å². The molecule has 0 saturated carbocycles. The normalized spacial score (nSPS) is 14.0. The number of ether oxygens (including phenoxy) is 1. The van der Waals surface area contributed by atoms with Crippen LogP contribution in [0.3, 0.4) is 0 Å². The Morgan fingerprint density at radius 3 is 2.29 bits per heavy atom. The Morgan fingerprint density at radius 2 is 1.79 bits per heavy atom. The summed E-state index contributed by atoms with van der Waals surface area (Å²) in [5.74, 6) is -0.811. The Bertz CT molecular complexity index is 1140. The number of hydrogen-bond donors (Lipinski definition) is 0. The van der Waals surface area contributed by atoms with E-state index in [0.29, 0.717) is 23.5 Å². The smallest absolute Gasteiger partial charge is 0.422 e. The largest absolute Gasteiger partial charge is 0.483 e. The monoisotopic (exact) mass is 506 g/mol. The van der Waals surface area contributed by atoms with Crippen LogP contribution in [-0.2, 0) is 18.1 Å². The summed E-state index contributed by atoms with van der Waals surface area (Å²) in [4.78, 5) is 9.10. The average Bonchev–Trinajstić information content (AvgIpc) is 3.06. The van der Waals surface area contributed by atoms with E-state index in [1.807, 2.05) is 40.8 Å². The SMILES string of the molecule is CC(C)Cn1cc(C(C)(C)C)sc1=NC(=NC#N)c1cc(C(F)(F)F)ccc1OCC(F)(F)F. The molecule has 0 aliphatic heterocycles. The summed E-state index contributed by atoms with van der Waals surface area (Å²) in [7, 11) is 0. The molecule has 2 aromatic rings. The summed E-state index contributed by atoms with van der Waals surface area (Å²) in [6.45, 7) is 8.64. The first-order valence-electron chi connectivity index (χ1n) is 10.1. The number of amidine groups is 1. The van der Waals surface area contributed by atoms with Gasteiger partial charge in [0.2, 0.25) is 6.19 Å². The van der Waals surface area contributed by atoms with Crippen LogP contribution >= 0.6 is 11.3 Å². The molecule has 0 aliphatic carbocycles. The Balaban J connectivity index is 2.76. The topological polar surface area (TPSA) is 62.7 Å². The third-order valence-corrected chi connectivity index (χ3v) is 5.76.